The molecule has 0 spiro atoms. The number of aromatic nitrogens is 1. The van der Waals surface area contributed by atoms with E-state index in [-0.39, 0.29) is 0 Å². The van der Waals surface area contributed by atoms with Gasteiger partial charge in [-0.1, -0.05) is 36.4 Å². The minimum Gasteiger partial charge on any atom is -0.493 e. The van der Waals surface area contributed by atoms with Crippen molar-refractivity contribution in [2.75, 3.05) is 13.7 Å². The average molecular weight is 390 g/mol. The first-order chi connectivity index (χ1) is 14.3. The van der Waals surface area contributed by atoms with Gasteiger partial charge in [0.15, 0.2) is 11.5 Å². The van der Waals surface area contributed by atoms with Crippen molar-refractivity contribution in [3.8, 4) is 11.5 Å². The van der Waals surface area contributed by atoms with Gasteiger partial charge in [0, 0.05) is 29.9 Å². The van der Waals surface area contributed by atoms with E-state index in [0.29, 0.717) is 12.6 Å². The summed E-state index contributed by atoms with van der Waals surface area (Å²) in [6, 6.07) is 21.3. The van der Waals surface area contributed by atoms with Crippen molar-refractivity contribution < 1.29 is 14.4 Å². The van der Waals surface area contributed by atoms with Gasteiger partial charge in [0.2, 0.25) is 0 Å². The lowest BCUT2D eigenvalue weighted by molar-refractivity contribution is -0.950. The molecule has 2 heterocycles. The second kappa shape index (κ2) is 9.57. The molecular formula is C25H29N2O2+. The van der Waals surface area contributed by atoms with Crippen molar-refractivity contribution in [3.05, 3.63) is 89.7 Å². The maximum atomic E-state index is 6.11. The lowest BCUT2D eigenvalue weighted by Crippen LogP contribution is -3.11. The van der Waals surface area contributed by atoms with Crippen LogP contribution >= 0.6 is 0 Å². The predicted octanol–water partition coefficient (Wildman–Crippen LogP) is 3.98. The fraction of sp³-hybridized carbons (Fsp3) is 0.320. The Morgan fingerprint density at radius 2 is 1.86 bits per heavy atom. The van der Waals surface area contributed by atoms with Crippen molar-refractivity contribution >= 4 is 0 Å². The molecule has 0 bridgehead atoms. The van der Waals surface area contributed by atoms with Crippen LogP contribution < -0.4 is 14.4 Å². The number of pyridine rings is 1. The Morgan fingerprint density at radius 3 is 2.66 bits per heavy atom. The predicted molar refractivity (Wildman–Crippen MR) is 114 cm³/mol. The first-order valence-corrected chi connectivity index (χ1v) is 10.4. The van der Waals surface area contributed by atoms with Crippen molar-refractivity contribution in [2.24, 2.45) is 0 Å². The average Bonchev–Trinajstić information content (AvgIpc) is 2.79. The van der Waals surface area contributed by atoms with Gasteiger partial charge in [-0.05, 0) is 42.7 Å². The van der Waals surface area contributed by atoms with Crippen molar-refractivity contribution in [2.45, 2.75) is 38.5 Å². The number of benzene rings is 2. The fourth-order valence-corrected chi connectivity index (χ4v) is 4.22. The van der Waals surface area contributed by atoms with Crippen LogP contribution in [0.5, 0.6) is 11.5 Å². The Bertz CT molecular complexity index is 899. The lowest BCUT2D eigenvalue weighted by Gasteiger charge is -2.33. The van der Waals surface area contributed by atoms with E-state index < -0.39 is 0 Å². The summed E-state index contributed by atoms with van der Waals surface area (Å²) in [7, 11) is 1.69. The molecule has 0 radical (unpaired) electrons. The van der Waals surface area contributed by atoms with Crippen LogP contribution in [0, 0.1) is 0 Å². The van der Waals surface area contributed by atoms with Gasteiger partial charge in [-0.3, -0.25) is 4.98 Å². The van der Waals surface area contributed by atoms with Gasteiger partial charge >= 0.3 is 0 Å². The molecule has 2 aromatic carbocycles. The molecule has 1 aliphatic rings. The molecule has 1 N–H and O–H groups in total. The normalized spacial score (nSPS) is 18.9. The van der Waals surface area contributed by atoms with Gasteiger partial charge in [-0.2, -0.15) is 0 Å². The van der Waals surface area contributed by atoms with Crippen LogP contribution in [0.2, 0.25) is 0 Å². The van der Waals surface area contributed by atoms with E-state index in [2.05, 4.69) is 35.3 Å². The largest absolute Gasteiger partial charge is 0.493 e. The van der Waals surface area contributed by atoms with Crippen LogP contribution in [0.3, 0.4) is 0 Å². The van der Waals surface area contributed by atoms with Crippen molar-refractivity contribution in [1.82, 2.24) is 4.98 Å². The van der Waals surface area contributed by atoms with Crippen LogP contribution in [-0.4, -0.2) is 18.6 Å². The molecule has 1 aromatic heterocycles. The van der Waals surface area contributed by atoms with Gasteiger partial charge in [-0.25, -0.2) is 0 Å². The Labute approximate surface area is 173 Å². The van der Waals surface area contributed by atoms with Crippen LogP contribution in [0.25, 0.3) is 0 Å². The number of likely N-dealkylation sites (tertiary alicyclic amines) is 1. The zero-order valence-electron chi connectivity index (χ0n) is 17.0. The Balaban J connectivity index is 1.50. The topological polar surface area (TPSA) is 35.8 Å². The molecule has 1 fully saturated rings. The number of quaternary nitrogens is 1. The van der Waals surface area contributed by atoms with Crippen molar-refractivity contribution in [3.63, 3.8) is 0 Å². The minimum atomic E-state index is 0.508. The summed E-state index contributed by atoms with van der Waals surface area (Å²) in [5.41, 5.74) is 3.77. The highest BCUT2D eigenvalue weighted by molar-refractivity contribution is 5.43. The second-order valence-corrected chi connectivity index (χ2v) is 7.68. The third kappa shape index (κ3) is 4.96. The molecule has 1 aliphatic heterocycles. The molecule has 4 nitrogen and oxygen atoms in total. The Kier molecular flexibility index (Phi) is 6.42. The molecule has 2 atom stereocenters. The van der Waals surface area contributed by atoms with E-state index in [4.69, 9.17) is 9.47 Å². The number of ether oxygens (including phenoxy) is 2. The number of piperidine rings is 1. The Hall–Kier alpha value is -2.85. The van der Waals surface area contributed by atoms with E-state index >= 15 is 0 Å². The molecule has 4 rings (SSSR count). The van der Waals surface area contributed by atoms with Gasteiger partial charge in [-0.15, -0.1) is 0 Å². The van der Waals surface area contributed by atoms with E-state index in [1.807, 2.05) is 42.7 Å². The molecule has 150 valence electrons. The number of nitrogens with zero attached hydrogens (tertiary/aromatic N) is 1. The molecule has 0 aliphatic carbocycles. The molecule has 1 saturated heterocycles. The third-order valence-electron chi connectivity index (χ3n) is 5.72. The van der Waals surface area contributed by atoms with Crippen LogP contribution in [0.4, 0.5) is 0 Å². The summed E-state index contributed by atoms with van der Waals surface area (Å²) in [6.07, 6.45) is 7.66. The SMILES string of the molecule is COc1ccc(C[NH+]2CCCC[C@@H]2c2cccnc2)cc1OCc1ccccc1. The highest BCUT2D eigenvalue weighted by Crippen LogP contribution is 2.29. The quantitative estimate of drug-likeness (QED) is 0.664. The van der Waals surface area contributed by atoms with Gasteiger partial charge < -0.3 is 14.4 Å². The van der Waals surface area contributed by atoms with E-state index in [1.165, 1.54) is 36.9 Å². The van der Waals surface area contributed by atoms with E-state index in [0.717, 1.165) is 23.6 Å². The maximum Gasteiger partial charge on any atom is 0.162 e. The van der Waals surface area contributed by atoms with Gasteiger partial charge in [0.1, 0.15) is 19.2 Å². The van der Waals surface area contributed by atoms with E-state index in [9.17, 15) is 0 Å². The molecule has 1 unspecified atom stereocenters. The highest BCUT2D eigenvalue weighted by Gasteiger charge is 2.28. The minimum absolute atomic E-state index is 0.508. The first-order valence-electron chi connectivity index (χ1n) is 10.4. The summed E-state index contributed by atoms with van der Waals surface area (Å²) >= 11 is 0. The van der Waals surface area contributed by atoms with Gasteiger partial charge in [0.25, 0.3) is 0 Å². The Morgan fingerprint density at radius 1 is 0.966 bits per heavy atom. The molecule has 3 aromatic rings. The van der Waals surface area contributed by atoms with Crippen molar-refractivity contribution in [1.29, 1.82) is 0 Å². The number of nitrogens with one attached hydrogen (secondary N) is 1. The second-order valence-electron chi connectivity index (χ2n) is 7.68. The maximum absolute atomic E-state index is 6.11. The van der Waals surface area contributed by atoms with E-state index in [1.54, 1.807) is 12.0 Å². The fourth-order valence-electron chi connectivity index (χ4n) is 4.22. The third-order valence-corrected chi connectivity index (χ3v) is 5.72. The number of methoxy groups -OCH3 is 1. The summed E-state index contributed by atoms with van der Waals surface area (Å²) in [4.78, 5) is 5.94. The number of rotatable bonds is 7. The van der Waals surface area contributed by atoms with Crippen LogP contribution in [-0.2, 0) is 13.2 Å². The summed E-state index contributed by atoms with van der Waals surface area (Å²) in [5.74, 6) is 1.59. The summed E-state index contributed by atoms with van der Waals surface area (Å²) < 4.78 is 11.6. The molecular weight excluding hydrogens is 360 g/mol. The molecule has 0 amide bonds. The number of hydrogen-bond donors (Lipinski definition) is 1. The standard InChI is InChI=1S/C25H28N2O2/c1-28-24-13-12-21(16-25(24)29-19-20-8-3-2-4-9-20)18-27-15-6-5-11-23(27)22-10-7-14-26-17-22/h2-4,7-10,12-14,16-17,23H,5-6,11,15,18-19H2,1H3/p+1/t23-/m1/s1. The highest BCUT2D eigenvalue weighted by atomic mass is 16.5. The first kappa shape index (κ1) is 19.5. The van der Waals surface area contributed by atoms with Crippen LogP contribution in [0.1, 0.15) is 42.0 Å². The monoisotopic (exact) mass is 389 g/mol. The molecule has 4 heteroatoms. The van der Waals surface area contributed by atoms with Gasteiger partial charge in [0.05, 0.1) is 13.7 Å². The molecule has 0 saturated carbocycles. The zero-order valence-corrected chi connectivity index (χ0v) is 17.0. The van der Waals surface area contributed by atoms with Crippen LogP contribution in [0.15, 0.2) is 73.1 Å². The number of hydrogen-bond acceptors (Lipinski definition) is 3. The summed E-state index contributed by atoms with van der Waals surface area (Å²) in [6.45, 7) is 2.70. The zero-order chi connectivity index (χ0) is 19.9. The smallest absolute Gasteiger partial charge is 0.162 e. The summed E-state index contributed by atoms with van der Waals surface area (Å²) in [5, 5.41) is 0. The molecule has 29 heavy (non-hydrogen) atoms. The lowest BCUT2D eigenvalue weighted by atomic mass is 9.95.